The van der Waals surface area contributed by atoms with Crippen molar-refractivity contribution < 1.29 is 15.2 Å². The Hall–Kier alpha value is -0.735. The molecule has 1 aliphatic carbocycles. The van der Waals surface area contributed by atoms with Crippen molar-refractivity contribution in [3.63, 3.8) is 0 Å². The fourth-order valence-corrected chi connectivity index (χ4v) is 0.897. The summed E-state index contributed by atoms with van der Waals surface area (Å²) in [4.78, 5) is 0. The second-order valence-corrected chi connectivity index (χ2v) is 2.31. The molecular weight excluding hydrogens is 131 g/mol. The first kappa shape index (κ1) is 7.37. The van der Waals surface area contributed by atoms with Crippen molar-refractivity contribution in [1.29, 1.82) is 0 Å². The third kappa shape index (κ3) is 1.62. The zero-order chi connectivity index (χ0) is 7.56. The molecule has 1 unspecified atom stereocenters. The van der Waals surface area contributed by atoms with E-state index in [9.17, 15) is 0 Å². The van der Waals surface area contributed by atoms with Crippen LogP contribution in [-0.2, 0) is 0 Å². The van der Waals surface area contributed by atoms with Crippen LogP contribution in [0.4, 0.5) is 0 Å². The molecule has 10 heavy (non-hydrogen) atoms. The van der Waals surface area contributed by atoms with Gasteiger partial charge in [-0.15, -0.1) is 0 Å². The summed E-state index contributed by atoms with van der Waals surface area (Å²) in [6.07, 6.45) is 5.25. The molecule has 3 nitrogen and oxygen atoms in total. The second kappa shape index (κ2) is 2.90. The molecule has 0 aromatic carbocycles. The molecule has 0 aromatic rings. The standard InChI is InChI=1S/C6H9BO3/c8-6-3-1-2-5(4-6)7(9)10/h1,3-5,8-10H,2H2. The molecule has 1 rings (SSSR count). The minimum absolute atomic E-state index is 0.101. The van der Waals surface area contributed by atoms with Crippen LogP contribution in [0.3, 0.4) is 0 Å². The Balaban J connectivity index is 2.60. The Morgan fingerprint density at radius 1 is 1.50 bits per heavy atom. The van der Waals surface area contributed by atoms with Crippen LogP contribution in [0.15, 0.2) is 24.0 Å². The summed E-state index contributed by atoms with van der Waals surface area (Å²) in [5.41, 5.74) is 0. The van der Waals surface area contributed by atoms with Crippen LogP contribution in [0.5, 0.6) is 0 Å². The van der Waals surface area contributed by atoms with Crippen molar-refractivity contribution in [2.24, 2.45) is 0 Å². The van der Waals surface area contributed by atoms with E-state index in [-0.39, 0.29) is 11.6 Å². The number of hydrogen-bond donors (Lipinski definition) is 3. The average molecular weight is 140 g/mol. The molecular formula is C6H9BO3. The van der Waals surface area contributed by atoms with E-state index < -0.39 is 7.12 Å². The van der Waals surface area contributed by atoms with Crippen LogP contribution in [0.2, 0.25) is 5.82 Å². The Morgan fingerprint density at radius 2 is 2.20 bits per heavy atom. The lowest BCUT2D eigenvalue weighted by atomic mass is 9.69. The van der Waals surface area contributed by atoms with Gasteiger partial charge in [0.2, 0.25) is 0 Å². The van der Waals surface area contributed by atoms with Crippen molar-refractivity contribution >= 4 is 7.12 Å². The Kier molecular flexibility index (Phi) is 2.14. The number of aliphatic hydroxyl groups is 1. The van der Waals surface area contributed by atoms with Crippen LogP contribution in [0, 0.1) is 0 Å². The summed E-state index contributed by atoms with van der Waals surface area (Å²) in [5, 5.41) is 26.2. The largest absolute Gasteiger partial charge is 0.508 e. The highest BCUT2D eigenvalue weighted by atomic mass is 16.4. The van der Waals surface area contributed by atoms with E-state index in [0.717, 1.165) is 0 Å². The van der Waals surface area contributed by atoms with E-state index in [4.69, 9.17) is 15.2 Å². The lowest BCUT2D eigenvalue weighted by Gasteiger charge is -2.11. The van der Waals surface area contributed by atoms with Gasteiger partial charge in [-0.1, -0.05) is 6.08 Å². The molecule has 0 spiro atoms. The first-order valence-electron chi connectivity index (χ1n) is 3.13. The zero-order valence-corrected chi connectivity index (χ0v) is 5.44. The predicted octanol–water partition coefficient (Wildman–Crippen LogP) is 0.231. The van der Waals surface area contributed by atoms with Crippen molar-refractivity contribution in [3.05, 3.63) is 24.0 Å². The number of rotatable bonds is 1. The molecule has 0 amide bonds. The minimum atomic E-state index is -1.37. The Labute approximate surface area is 59.5 Å². The predicted molar refractivity (Wildman–Crippen MR) is 38.4 cm³/mol. The molecule has 1 aliphatic rings. The van der Waals surface area contributed by atoms with E-state index >= 15 is 0 Å². The maximum Gasteiger partial charge on any atom is 0.459 e. The quantitative estimate of drug-likeness (QED) is 0.457. The zero-order valence-electron chi connectivity index (χ0n) is 5.44. The third-order valence-corrected chi connectivity index (χ3v) is 1.46. The summed E-state index contributed by atoms with van der Waals surface area (Å²) in [6, 6.07) is 0. The lowest BCUT2D eigenvalue weighted by Crippen LogP contribution is -2.19. The first-order chi connectivity index (χ1) is 4.70. The van der Waals surface area contributed by atoms with Gasteiger partial charge < -0.3 is 15.2 Å². The Morgan fingerprint density at radius 3 is 2.60 bits per heavy atom. The minimum Gasteiger partial charge on any atom is -0.508 e. The molecule has 0 aliphatic heterocycles. The molecule has 0 radical (unpaired) electrons. The van der Waals surface area contributed by atoms with Gasteiger partial charge in [0.15, 0.2) is 0 Å². The average Bonchev–Trinajstić information content (AvgIpc) is 1.88. The molecule has 3 N–H and O–H groups in total. The summed E-state index contributed by atoms with van der Waals surface area (Å²) in [5.74, 6) is -0.255. The number of hydrogen-bond acceptors (Lipinski definition) is 3. The highest BCUT2D eigenvalue weighted by molar-refractivity contribution is 6.44. The number of aliphatic hydroxyl groups excluding tert-OH is 1. The molecule has 0 heterocycles. The summed E-state index contributed by atoms with van der Waals surface area (Å²) in [6.45, 7) is 0. The molecule has 0 fully saturated rings. The van der Waals surface area contributed by atoms with Gasteiger partial charge in [0, 0.05) is 5.82 Å². The van der Waals surface area contributed by atoms with Crippen LogP contribution in [-0.4, -0.2) is 22.3 Å². The monoisotopic (exact) mass is 140 g/mol. The van der Waals surface area contributed by atoms with Crippen molar-refractivity contribution in [2.75, 3.05) is 0 Å². The van der Waals surface area contributed by atoms with Crippen molar-refractivity contribution in [1.82, 2.24) is 0 Å². The Bertz CT molecular complexity index is 174. The summed E-state index contributed by atoms with van der Waals surface area (Å²) >= 11 is 0. The third-order valence-electron chi connectivity index (χ3n) is 1.46. The molecule has 4 heteroatoms. The van der Waals surface area contributed by atoms with Gasteiger partial charge in [-0.2, -0.15) is 0 Å². The molecule has 0 saturated heterocycles. The van der Waals surface area contributed by atoms with E-state index in [2.05, 4.69) is 0 Å². The van der Waals surface area contributed by atoms with Crippen LogP contribution in [0.1, 0.15) is 6.42 Å². The van der Waals surface area contributed by atoms with Crippen molar-refractivity contribution in [2.45, 2.75) is 12.2 Å². The highest BCUT2D eigenvalue weighted by Crippen LogP contribution is 2.21. The van der Waals surface area contributed by atoms with E-state index in [0.29, 0.717) is 6.42 Å². The fraction of sp³-hybridized carbons (Fsp3) is 0.333. The topological polar surface area (TPSA) is 60.7 Å². The highest BCUT2D eigenvalue weighted by Gasteiger charge is 2.21. The molecule has 0 aromatic heterocycles. The molecule has 0 bridgehead atoms. The smallest absolute Gasteiger partial charge is 0.459 e. The maximum absolute atomic E-state index is 8.88. The summed E-state index contributed by atoms with van der Waals surface area (Å²) in [7, 11) is -1.37. The van der Waals surface area contributed by atoms with E-state index in [1.807, 2.05) is 0 Å². The summed E-state index contributed by atoms with van der Waals surface area (Å²) < 4.78 is 0. The van der Waals surface area contributed by atoms with Gasteiger partial charge in [-0.05, 0) is 18.6 Å². The van der Waals surface area contributed by atoms with Crippen LogP contribution >= 0.6 is 0 Å². The first-order valence-corrected chi connectivity index (χ1v) is 3.13. The normalized spacial score (nSPS) is 24.2. The van der Waals surface area contributed by atoms with Crippen LogP contribution in [0.25, 0.3) is 0 Å². The molecule has 54 valence electrons. The maximum atomic E-state index is 8.88. The molecule has 1 atom stereocenters. The fourth-order valence-electron chi connectivity index (χ4n) is 0.897. The van der Waals surface area contributed by atoms with E-state index in [1.165, 1.54) is 6.08 Å². The second-order valence-electron chi connectivity index (χ2n) is 2.31. The van der Waals surface area contributed by atoms with Gasteiger partial charge in [0.1, 0.15) is 5.76 Å². The van der Waals surface area contributed by atoms with Gasteiger partial charge in [0.05, 0.1) is 0 Å². The van der Waals surface area contributed by atoms with E-state index in [1.54, 1.807) is 12.2 Å². The van der Waals surface area contributed by atoms with Gasteiger partial charge in [0.25, 0.3) is 0 Å². The van der Waals surface area contributed by atoms with Gasteiger partial charge in [-0.25, -0.2) is 0 Å². The lowest BCUT2D eigenvalue weighted by molar-refractivity contribution is 0.385. The molecule has 0 saturated carbocycles. The number of allylic oxidation sites excluding steroid dienone is 3. The van der Waals surface area contributed by atoms with Crippen LogP contribution < -0.4 is 0 Å². The van der Waals surface area contributed by atoms with Crippen molar-refractivity contribution in [3.8, 4) is 0 Å². The SMILES string of the molecule is OB(O)C1C=C(O)C=CC1. The van der Waals surface area contributed by atoms with Gasteiger partial charge >= 0.3 is 7.12 Å². The van der Waals surface area contributed by atoms with Gasteiger partial charge in [-0.3, -0.25) is 0 Å².